The number of ether oxygens (including phenoxy) is 3. The maximum absolute atomic E-state index is 10.8. The third-order valence-electron chi connectivity index (χ3n) is 5.87. The lowest BCUT2D eigenvalue weighted by atomic mass is 9.89. The Morgan fingerprint density at radius 1 is 1.12 bits per heavy atom. The van der Waals surface area contributed by atoms with Gasteiger partial charge < -0.3 is 19.3 Å². The summed E-state index contributed by atoms with van der Waals surface area (Å²) in [6.45, 7) is 2.68. The Balaban J connectivity index is 2.00. The highest BCUT2D eigenvalue weighted by Crippen LogP contribution is 2.56. The molecule has 3 aromatic rings. The Morgan fingerprint density at radius 3 is 2.69 bits per heavy atom. The molecule has 0 aromatic heterocycles. The second-order valence-electron chi connectivity index (χ2n) is 7.01. The van der Waals surface area contributed by atoms with Gasteiger partial charge in [0.25, 0.3) is 0 Å². The summed E-state index contributed by atoms with van der Waals surface area (Å²) in [6, 6.07) is 12.0. The number of fused-ring (bicyclic) bond motifs is 7. The largest absolute Gasteiger partial charge is 0.507 e. The van der Waals surface area contributed by atoms with E-state index in [1.807, 2.05) is 24.3 Å². The van der Waals surface area contributed by atoms with Gasteiger partial charge in [0.05, 0.1) is 13.7 Å². The normalized spacial score (nSPS) is 19.8. The van der Waals surface area contributed by atoms with Crippen molar-refractivity contribution in [2.45, 2.75) is 18.9 Å². The minimum absolute atomic E-state index is 0.239. The zero-order valence-corrected chi connectivity index (χ0v) is 15.1. The van der Waals surface area contributed by atoms with Crippen molar-refractivity contribution in [1.29, 1.82) is 0 Å². The third kappa shape index (κ3) is 1.72. The van der Waals surface area contributed by atoms with Crippen molar-refractivity contribution < 1.29 is 19.3 Å². The highest BCUT2D eigenvalue weighted by Gasteiger charge is 2.42. The fourth-order valence-corrected chi connectivity index (χ4v) is 4.54. The first-order valence-electron chi connectivity index (χ1n) is 8.78. The van der Waals surface area contributed by atoms with Crippen LogP contribution in [0.2, 0.25) is 0 Å². The lowest BCUT2D eigenvalue weighted by molar-refractivity contribution is 0.0429. The molecule has 5 rings (SSSR count). The molecular formula is C22H20O4. The summed E-state index contributed by atoms with van der Waals surface area (Å²) in [6.07, 6.45) is 0.796. The molecule has 2 aliphatic rings. The zero-order valence-electron chi connectivity index (χ0n) is 15.1. The minimum atomic E-state index is -0.593. The SMILES string of the molecule is COc1cc2c(O)cc3c(c2c2c1OCC2)-c1ccccc1C3(C)OC. The predicted octanol–water partition coefficient (Wildman–Crippen LogP) is 4.38. The average Bonchev–Trinajstić information content (AvgIpc) is 3.24. The maximum Gasteiger partial charge on any atom is 0.165 e. The van der Waals surface area contributed by atoms with Crippen molar-refractivity contribution in [3.63, 3.8) is 0 Å². The molecule has 1 unspecified atom stereocenters. The molecule has 1 aliphatic carbocycles. The molecule has 4 heteroatoms. The Morgan fingerprint density at radius 2 is 1.92 bits per heavy atom. The number of benzene rings is 3. The van der Waals surface area contributed by atoms with E-state index in [1.54, 1.807) is 14.2 Å². The van der Waals surface area contributed by atoms with Crippen LogP contribution in [0.3, 0.4) is 0 Å². The Bertz CT molecular complexity index is 1070. The summed E-state index contributed by atoms with van der Waals surface area (Å²) < 4.78 is 17.3. The van der Waals surface area contributed by atoms with Crippen LogP contribution in [0.1, 0.15) is 23.6 Å². The van der Waals surface area contributed by atoms with Crippen LogP contribution in [-0.4, -0.2) is 25.9 Å². The van der Waals surface area contributed by atoms with E-state index in [0.717, 1.165) is 50.8 Å². The lowest BCUT2D eigenvalue weighted by Gasteiger charge is -2.26. The molecule has 1 heterocycles. The number of rotatable bonds is 2. The van der Waals surface area contributed by atoms with E-state index in [9.17, 15) is 5.11 Å². The van der Waals surface area contributed by atoms with E-state index < -0.39 is 5.60 Å². The van der Waals surface area contributed by atoms with Crippen LogP contribution in [0.4, 0.5) is 0 Å². The van der Waals surface area contributed by atoms with Gasteiger partial charge in [0.15, 0.2) is 11.5 Å². The highest BCUT2D eigenvalue weighted by molar-refractivity contribution is 6.08. The van der Waals surface area contributed by atoms with E-state index in [1.165, 1.54) is 0 Å². The first kappa shape index (κ1) is 15.5. The Kier molecular flexibility index (Phi) is 3.07. The number of hydrogen-bond acceptors (Lipinski definition) is 4. The van der Waals surface area contributed by atoms with Crippen LogP contribution in [0.5, 0.6) is 17.2 Å². The van der Waals surface area contributed by atoms with Gasteiger partial charge in [-0.1, -0.05) is 24.3 Å². The van der Waals surface area contributed by atoms with Gasteiger partial charge in [0, 0.05) is 35.4 Å². The van der Waals surface area contributed by atoms with Crippen LogP contribution in [0.15, 0.2) is 36.4 Å². The second-order valence-corrected chi connectivity index (χ2v) is 7.01. The van der Waals surface area contributed by atoms with Crippen LogP contribution in [-0.2, 0) is 16.8 Å². The number of phenols is 1. The van der Waals surface area contributed by atoms with E-state index in [4.69, 9.17) is 14.2 Å². The maximum atomic E-state index is 10.8. The van der Waals surface area contributed by atoms with Crippen molar-refractivity contribution in [3.8, 4) is 28.4 Å². The monoisotopic (exact) mass is 348 g/mol. The molecule has 1 N–H and O–H groups in total. The molecule has 0 bridgehead atoms. The quantitative estimate of drug-likeness (QED) is 0.747. The van der Waals surface area contributed by atoms with Crippen LogP contribution >= 0.6 is 0 Å². The summed E-state index contributed by atoms with van der Waals surface area (Å²) >= 11 is 0. The number of phenolic OH excluding ortho intramolecular Hbond substituents is 1. The molecule has 3 aromatic carbocycles. The molecule has 4 nitrogen and oxygen atoms in total. The van der Waals surface area contributed by atoms with Gasteiger partial charge in [-0.2, -0.15) is 0 Å². The molecule has 1 aliphatic heterocycles. The molecule has 132 valence electrons. The van der Waals surface area contributed by atoms with Crippen molar-refractivity contribution in [2.24, 2.45) is 0 Å². The summed E-state index contributed by atoms with van der Waals surface area (Å²) in [7, 11) is 3.35. The average molecular weight is 348 g/mol. The van der Waals surface area contributed by atoms with Gasteiger partial charge in [0.1, 0.15) is 11.4 Å². The van der Waals surface area contributed by atoms with Crippen molar-refractivity contribution in [2.75, 3.05) is 20.8 Å². The van der Waals surface area contributed by atoms with Gasteiger partial charge in [-0.3, -0.25) is 0 Å². The first-order chi connectivity index (χ1) is 12.6. The molecule has 0 saturated carbocycles. The molecule has 0 spiro atoms. The molecular weight excluding hydrogens is 328 g/mol. The van der Waals surface area contributed by atoms with Gasteiger partial charge in [0.2, 0.25) is 0 Å². The molecule has 1 atom stereocenters. The van der Waals surface area contributed by atoms with Gasteiger partial charge in [-0.25, -0.2) is 0 Å². The summed E-state index contributed by atoms with van der Waals surface area (Å²) in [5, 5.41) is 12.7. The highest BCUT2D eigenvalue weighted by atomic mass is 16.5. The van der Waals surface area contributed by atoms with Crippen molar-refractivity contribution >= 4 is 10.8 Å². The predicted molar refractivity (Wildman–Crippen MR) is 100 cm³/mol. The molecule has 0 radical (unpaired) electrons. The second kappa shape index (κ2) is 5.15. The Labute approximate surface area is 151 Å². The number of hydrogen-bond donors (Lipinski definition) is 1. The summed E-state index contributed by atoms with van der Waals surface area (Å²) in [5.74, 6) is 1.69. The molecule has 0 amide bonds. The third-order valence-corrected chi connectivity index (χ3v) is 5.87. The zero-order chi connectivity index (χ0) is 18.1. The number of aromatic hydroxyl groups is 1. The van der Waals surface area contributed by atoms with E-state index >= 15 is 0 Å². The number of methoxy groups -OCH3 is 2. The fourth-order valence-electron chi connectivity index (χ4n) is 4.54. The van der Waals surface area contributed by atoms with E-state index in [2.05, 4.69) is 19.1 Å². The standard InChI is InChI=1S/C22H20O4/c1-22(25-3)15-7-5-4-6-12(15)20-16(22)11-17(23)14-10-18(24-2)21-13(19(14)20)8-9-26-21/h4-7,10-11,23H,8-9H2,1-3H3. The van der Waals surface area contributed by atoms with Crippen LogP contribution in [0.25, 0.3) is 21.9 Å². The van der Waals surface area contributed by atoms with E-state index in [-0.39, 0.29) is 5.75 Å². The summed E-state index contributed by atoms with van der Waals surface area (Å²) in [4.78, 5) is 0. The topological polar surface area (TPSA) is 47.9 Å². The molecule has 0 saturated heterocycles. The van der Waals surface area contributed by atoms with Crippen LogP contribution < -0.4 is 9.47 Å². The van der Waals surface area contributed by atoms with Crippen LogP contribution in [0, 0.1) is 0 Å². The minimum Gasteiger partial charge on any atom is -0.507 e. The van der Waals surface area contributed by atoms with Crippen molar-refractivity contribution in [1.82, 2.24) is 0 Å². The van der Waals surface area contributed by atoms with Gasteiger partial charge in [-0.05, 0) is 35.7 Å². The molecule has 0 fully saturated rings. The van der Waals surface area contributed by atoms with Gasteiger partial charge in [-0.15, -0.1) is 0 Å². The first-order valence-corrected chi connectivity index (χ1v) is 8.78. The smallest absolute Gasteiger partial charge is 0.165 e. The van der Waals surface area contributed by atoms with E-state index in [0.29, 0.717) is 12.4 Å². The lowest BCUT2D eigenvalue weighted by Crippen LogP contribution is -2.22. The van der Waals surface area contributed by atoms with Crippen molar-refractivity contribution in [3.05, 3.63) is 53.1 Å². The molecule has 26 heavy (non-hydrogen) atoms. The fraction of sp³-hybridized carbons (Fsp3) is 0.273. The van der Waals surface area contributed by atoms with Gasteiger partial charge >= 0.3 is 0 Å². The summed E-state index contributed by atoms with van der Waals surface area (Å²) in [5.41, 5.74) is 4.89. The Hall–Kier alpha value is -2.72.